The molecule has 1 N–H and O–H groups in total. The molecular formula is C14H19ClN2O3S. The molecule has 1 amide bonds. The van der Waals surface area contributed by atoms with Gasteiger partial charge in [-0.2, -0.15) is 0 Å². The van der Waals surface area contributed by atoms with Gasteiger partial charge in [0.05, 0.1) is 22.1 Å². The molecule has 1 aromatic rings. The summed E-state index contributed by atoms with van der Waals surface area (Å²) < 4.78 is 22.6. The molecule has 116 valence electrons. The van der Waals surface area contributed by atoms with E-state index in [2.05, 4.69) is 5.32 Å². The van der Waals surface area contributed by atoms with Crippen molar-refractivity contribution in [3.8, 4) is 0 Å². The highest BCUT2D eigenvalue weighted by Crippen LogP contribution is 2.17. The summed E-state index contributed by atoms with van der Waals surface area (Å²) in [7, 11) is -2.86. The number of rotatable bonds is 4. The van der Waals surface area contributed by atoms with Crippen molar-refractivity contribution in [3.05, 3.63) is 34.3 Å². The fourth-order valence-corrected chi connectivity index (χ4v) is 3.80. The molecule has 1 heterocycles. The van der Waals surface area contributed by atoms with E-state index < -0.39 is 9.84 Å². The number of halogens is 1. The summed E-state index contributed by atoms with van der Waals surface area (Å²) in [5.74, 6) is 0.194. The SMILES string of the molecule is Cc1ccc(C(=O)NCCN2CCS(=O)(=O)CC2)c(Cl)c1. The summed E-state index contributed by atoms with van der Waals surface area (Å²) in [5.41, 5.74) is 1.47. The molecule has 5 nitrogen and oxygen atoms in total. The Morgan fingerprint density at radius 2 is 2.00 bits per heavy atom. The maximum atomic E-state index is 12.0. The number of amides is 1. The summed E-state index contributed by atoms with van der Waals surface area (Å²) in [6.07, 6.45) is 0. The van der Waals surface area contributed by atoms with Gasteiger partial charge in [-0.15, -0.1) is 0 Å². The van der Waals surface area contributed by atoms with E-state index in [-0.39, 0.29) is 17.4 Å². The van der Waals surface area contributed by atoms with E-state index in [1.165, 1.54) is 0 Å². The number of nitrogens with one attached hydrogen (secondary N) is 1. The highest BCUT2D eigenvalue weighted by molar-refractivity contribution is 7.91. The number of hydrogen-bond acceptors (Lipinski definition) is 4. The molecule has 0 atom stereocenters. The predicted molar refractivity (Wildman–Crippen MR) is 83.6 cm³/mol. The molecule has 7 heteroatoms. The highest BCUT2D eigenvalue weighted by atomic mass is 35.5. The van der Waals surface area contributed by atoms with Crippen LogP contribution in [-0.2, 0) is 9.84 Å². The summed E-state index contributed by atoms with van der Waals surface area (Å²) >= 11 is 6.05. The Balaban J connectivity index is 1.80. The smallest absolute Gasteiger partial charge is 0.252 e. The van der Waals surface area contributed by atoms with E-state index in [0.717, 1.165) is 5.56 Å². The Hall–Kier alpha value is -1.11. The number of aryl methyl sites for hydroxylation is 1. The third-order valence-corrected chi connectivity index (χ3v) is 5.44. The van der Waals surface area contributed by atoms with Crippen molar-refractivity contribution in [3.63, 3.8) is 0 Å². The molecule has 1 saturated heterocycles. The van der Waals surface area contributed by atoms with Gasteiger partial charge in [0.1, 0.15) is 0 Å². The first-order valence-electron chi connectivity index (χ1n) is 6.84. The number of carbonyl (C=O) groups is 1. The van der Waals surface area contributed by atoms with Gasteiger partial charge in [0.25, 0.3) is 5.91 Å². The molecule has 0 radical (unpaired) electrons. The number of carbonyl (C=O) groups excluding carboxylic acids is 1. The second kappa shape index (κ2) is 6.77. The zero-order chi connectivity index (χ0) is 15.5. The molecular weight excluding hydrogens is 312 g/mol. The van der Waals surface area contributed by atoms with Gasteiger partial charge in [-0.25, -0.2) is 8.42 Å². The second-order valence-electron chi connectivity index (χ2n) is 5.23. The molecule has 0 saturated carbocycles. The minimum Gasteiger partial charge on any atom is -0.351 e. The first kappa shape index (κ1) is 16.3. The first-order chi connectivity index (χ1) is 9.87. The van der Waals surface area contributed by atoms with E-state index in [9.17, 15) is 13.2 Å². The van der Waals surface area contributed by atoms with Crippen molar-refractivity contribution in [2.24, 2.45) is 0 Å². The standard InChI is InChI=1S/C14H19ClN2O3S/c1-11-2-3-12(13(15)10-11)14(18)16-4-5-17-6-8-21(19,20)9-7-17/h2-3,10H,4-9H2,1H3,(H,16,18). The number of hydrogen-bond donors (Lipinski definition) is 1. The van der Waals surface area contributed by atoms with Gasteiger partial charge in [-0.1, -0.05) is 17.7 Å². The van der Waals surface area contributed by atoms with Crippen LogP contribution in [0.2, 0.25) is 5.02 Å². The van der Waals surface area contributed by atoms with Gasteiger partial charge < -0.3 is 5.32 Å². The highest BCUT2D eigenvalue weighted by Gasteiger charge is 2.21. The van der Waals surface area contributed by atoms with Crippen molar-refractivity contribution < 1.29 is 13.2 Å². The van der Waals surface area contributed by atoms with Gasteiger partial charge >= 0.3 is 0 Å². The minimum absolute atomic E-state index is 0.199. The van der Waals surface area contributed by atoms with Crippen LogP contribution in [-0.4, -0.2) is 56.9 Å². The van der Waals surface area contributed by atoms with Gasteiger partial charge in [-0.05, 0) is 24.6 Å². The molecule has 1 aliphatic heterocycles. The quantitative estimate of drug-likeness (QED) is 0.898. The lowest BCUT2D eigenvalue weighted by atomic mass is 10.1. The molecule has 2 rings (SSSR count). The molecule has 1 fully saturated rings. The number of benzene rings is 1. The zero-order valence-electron chi connectivity index (χ0n) is 11.9. The van der Waals surface area contributed by atoms with Gasteiger partial charge in [-0.3, -0.25) is 9.69 Å². The summed E-state index contributed by atoms with van der Waals surface area (Å²) in [5, 5.41) is 3.25. The lowest BCUT2D eigenvalue weighted by Gasteiger charge is -2.26. The molecule has 0 unspecified atom stereocenters. The molecule has 0 aromatic heterocycles. The fraction of sp³-hybridized carbons (Fsp3) is 0.500. The van der Waals surface area contributed by atoms with Crippen LogP contribution in [0.1, 0.15) is 15.9 Å². The average Bonchev–Trinajstić information content (AvgIpc) is 2.40. The van der Waals surface area contributed by atoms with Crippen LogP contribution >= 0.6 is 11.6 Å². The maximum absolute atomic E-state index is 12.0. The van der Waals surface area contributed by atoms with Crippen LogP contribution < -0.4 is 5.32 Å². The van der Waals surface area contributed by atoms with Crippen LogP contribution in [0, 0.1) is 6.92 Å². The van der Waals surface area contributed by atoms with E-state index >= 15 is 0 Å². The molecule has 21 heavy (non-hydrogen) atoms. The van der Waals surface area contributed by atoms with E-state index in [1.54, 1.807) is 12.1 Å². The van der Waals surface area contributed by atoms with Crippen molar-refractivity contribution in [2.45, 2.75) is 6.92 Å². The molecule has 0 bridgehead atoms. The fourth-order valence-electron chi connectivity index (χ4n) is 2.20. The molecule has 0 spiro atoms. The normalized spacial score (nSPS) is 18.4. The topological polar surface area (TPSA) is 66.5 Å². The Morgan fingerprint density at radius 1 is 1.33 bits per heavy atom. The van der Waals surface area contributed by atoms with Gasteiger partial charge in [0, 0.05) is 26.2 Å². The minimum atomic E-state index is -2.86. The first-order valence-corrected chi connectivity index (χ1v) is 9.04. The largest absolute Gasteiger partial charge is 0.351 e. The summed E-state index contributed by atoms with van der Waals surface area (Å²) in [6, 6.07) is 5.31. The van der Waals surface area contributed by atoms with Crippen molar-refractivity contribution in [1.82, 2.24) is 10.2 Å². The second-order valence-corrected chi connectivity index (χ2v) is 7.94. The summed E-state index contributed by atoms with van der Waals surface area (Å²) in [4.78, 5) is 14.1. The van der Waals surface area contributed by atoms with E-state index in [4.69, 9.17) is 11.6 Å². The number of nitrogens with zero attached hydrogens (tertiary/aromatic N) is 1. The molecule has 1 aliphatic rings. The monoisotopic (exact) mass is 330 g/mol. The van der Waals surface area contributed by atoms with Crippen LogP contribution in [0.4, 0.5) is 0 Å². The molecule has 0 aliphatic carbocycles. The zero-order valence-corrected chi connectivity index (χ0v) is 13.5. The Bertz CT molecular complexity index is 617. The van der Waals surface area contributed by atoms with Crippen LogP contribution in [0.3, 0.4) is 0 Å². The van der Waals surface area contributed by atoms with Crippen molar-refractivity contribution in [2.75, 3.05) is 37.7 Å². The van der Waals surface area contributed by atoms with Crippen LogP contribution in [0.5, 0.6) is 0 Å². The van der Waals surface area contributed by atoms with E-state index in [1.807, 2.05) is 17.9 Å². The third-order valence-electron chi connectivity index (χ3n) is 3.52. The van der Waals surface area contributed by atoms with Gasteiger partial charge in [0.15, 0.2) is 9.84 Å². The van der Waals surface area contributed by atoms with Crippen LogP contribution in [0.25, 0.3) is 0 Å². The lowest BCUT2D eigenvalue weighted by Crippen LogP contribution is -2.43. The maximum Gasteiger partial charge on any atom is 0.252 e. The Kier molecular flexibility index (Phi) is 5.24. The van der Waals surface area contributed by atoms with Crippen LogP contribution in [0.15, 0.2) is 18.2 Å². The average molecular weight is 331 g/mol. The van der Waals surface area contributed by atoms with E-state index in [0.29, 0.717) is 36.8 Å². The predicted octanol–water partition coefficient (Wildman–Crippen LogP) is 1.11. The molecule has 1 aromatic carbocycles. The third kappa shape index (κ3) is 4.69. The van der Waals surface area contributed by atoms with Crippen molar-refractivity contribution in [1.29, 1.82) is 0 Å². The Morgan fingerprint density at radius 3 is 2.62 bits per heavy atom. The summed E-state index contributed by atoms with van der Waals surface area (Å²) in [6.45, 7) is 4.10. The lowest BCUT2D eigenvalue weighted by molar-refractivity contribution is 0.0949. The van der Waals surface area contributed by atoms with Crippen molar-refractivity contribution >= 4 is 27.3 Å². The van der Waals surface area contributed by atoms with Gasteiger partial charge in [0.2, 0.25) is 0 Å². The number of sulfone groups is 1. The Labute approximate surface area is 130 Å².